The zero-order valence-corrected chi connectivity index (χ0v) is 6.73. The van der Waals surface area contributed by atoms with Gasteiger partial charge in [-0.25, -0.2) is 9.97 Å². The van der Waals surface area contributed by atoms with Crippen LogP contribution in [-0.2, 0) is 11.9 Å². The topological polar surface area (TPSA) is 25.8 Å². The highest BCUT2D eigenvalue weighted by Gasteiger charge is 2.32. The Morgan fingerprint density at radius 1 is 1.42 bits per heavy atom. The monoisotopic (exact) mass is 194 g/mol. The van der Waals surface area contributed by atoms with Gasteiger partial charge in [-0.3, -0.25) is 0 Å². The molecule has 0 bridgehead atoms. The molecule has 0 aromatic carbocycles. The van der Waals surface area contributed by atoms with Crippen molar-refractivity contribution in [2.45, 2.75) is 11.9 Å². The van der Waals surface area contributed by atoms with Gasteiger partial charge in [-0.2, -0.15) is 25.8 Å². The zero-order chi connectivity index (χ0) is 9.19. The number of halogens is 3. The van der Waals surface area contributed by atoms with E-state index in [1.165, 1.54) is 0 Å². The van der Waals surface area contributed by atoms with Gasteiger partial charge >= 0.3 is 6.18 Å². The van der Waals surface area contributed by atoms with Gasteiger partial charge in [0.15, 0.2) is 0 Å². The Kier molecular flexibility index (Phi) is 2.56. The molecule has 0 N–H and O–H groups in total. The molecule has 0 radical (unpaired) electrons. The summed E-state index contributed by atoms with van der Waals surface area (Å²) in [5.41, 5.74) is -0.929. The van der Waals surface area contributed by atoms with Crippen molar-refractivity contribution in [3.05, 3.63) is 23.8 Å². The Balaban J connectivity index is 3.02. The molecule has 1 aromatic heterocycles. The van der Waals surface area contributed by atoms with E-state index >= 15 is 0 Å². The first-order valence-electron chi connectivity index (χ1n) is 3.04. The van der Waals surface area contributed by atoms with Gasteiger partial charge in [-0.15, -0.1) is 0 Å². The number of thiol groups is 1. The molecule has 1 rings (SSSR count). The summed E-state index contributed by atoms with van der Waals surface area (Å²) in [4.78, 5) is 6.83. The van der Waals surface area contributed by atoms with Gasteiger partial charge in [0.1, 0.15) is 11.5 Å². The lowest BCUT2D eigenvalue weighted by atomic mass is 10.4. The highest BCUT2D eigenvalue weighted by Crippen LogP contribution is 2.26. The maximum absolute atomic E-state index is 12.0. The normalized spacial score (nSPS) is 11.7. The first-order valence-corrected chi connectivity index (χ1v) is 3.67. The molecule has 0 atom stereocenters. The lowest BCUT2D eigenvalue weighted by Gasteiger charge is -2.04. The molecule has 6 heteroatoms. The Morgan fingerprint density at radius 3 is 2.58 bits per heavy atom. The van der Waals surface area contributed by atoms with Crippen molar-refractivity contribution < 1.29 is 13.2 Å². The van der Waals surface area contributed by atoms with E-state index in [2.05, 4.69) is 22.6 Å². The summed E-state index contributed by atoms with van der Waals surface area (Å²) in [7, 11) is 0. The third-order valence-electron chi connectivity index (χ3n) is 1.14. The maximum atomic E-state index is 12.0. The van der Waals surface area contributed by atoms with Crippen LogP contribution in [0.15, 0.2) is 12.3 Å². The smallest absolute Gasteiger partial charge is 0.240 e. The number of nitrogens with zero attached hydrogens (tertiary/aromatic N) is 2. The predicted octanol–water partition coefficient (Wildman–Crippen LogP) is 1.93. The highest BCUT2D eigenvalue weighted by molar-refractivity contribution is 7.79. The molecule has 1 aromatic rings. The van der Waals surface area contributed by atoms with E-state index in [0.717, 1.165) is 12.3 Å². The van der Waals surface area contributed by atoms with E-state index in [0.29, 0.717) is 0 Å². The fraction of sp³-hybridized carbons (Fsp3) is 0.333. The predicted molar refractivity (Wildman–Crippen MR) is 39.7 cm³/mol. The summed E-state index contributed by atoms with van der Waals surface area (Å²) in [6.45, 7) is 0. The molecule has 0 amide bonds. The van der Waals surface area contributed by atoms with Gasteiger partial charge < -0.3 is 0 Å². The van der Waals surface area contributed by atoms with Crippen molar-refractivity contribution in [3.63, 3.8) is 0 Å². The molecular weight excluding hydrogens is 189 g/mol. The second kappa shape index (κ2) is 3.30. The molecule has 0 aliphatic carbocycles. The van der Waals surface area contributed by atoms with Gasteiger partial charge in [0.2, 0.25) is 0 Å². The van der Waals surface area contributed by atoms with Crippen LogP contribution in [0.5, 0.6) is 0 Å². The van der Waals surface area contributed by atoms with Crippen LogP contribution < -0.4 is 0 Å². The summed E-state index contributed by atoms with van der Waals surface area (Å²) in [5, 5.41) is 0. The third kappa shape index (κ3) is 2.10. The van der Waals surface area contributed by atoms with Crippen molar-refractivity contribution in [1.29, 1.82) is 0 Å². The Hall–Kier alpha value is -0.780. The van der Waals surface area contributed by atoms with Crippen LogP contribution in [0.4, 0.5) is 13.2 Å². The fourth-order valence-electron chi connectivity index (χ4n) is 0.633. The van der Waals surface area contributed by atoms with Gasteiger partial charge in [-0.05, 0) is 6.07 Å². The Labute approximate surface area is 72.3 Å². The number of rotatable bonds is 1. The standard InChI is InChI=1S/C6H5F3N2S/c7-6(8,9)4-1-2-10-5(3-12)11-4/h1-2,12H,3H2. The van der Waals surface area contributed by atoms with E-state index in [4.69, 9.17) is 0 Å². The number of hydrogen-bond acceptors (Lipinski definition) is 3. The largest absolute Gasteiger partial charge is 0.433 e. The number of aromatic nitrogens is 2. The second-order valence-corrected chi connectivity index (χ2v) is 2.33. The zero-order valence-electron chi connectivity index (χ0n) is 5.84. The number of alkyl halides is 3. The van der Waals surface area contributed by atoms with E-state index in [1.807, 2.05) is 0 Å². The van der Waals surface area contributed by atoms with Crippen molar-refractivity contribution in [2.24, 2.45) is 0 Å². The molecule has 0 saturated heterocycles. The minimum Gasteiger partial charge on any atom is -0.240 e. The highest BCUT2D eigenvalue weighted by atomic mass is 32.1. The van der Waals surface area contributed by atoms with Crippen molar-refractivity contribution in [3.8, 4) is 0 Å². The molecule has 0 aliphatic rings. The van der Waals surface area contributed by atoms with E-state index in [-0.39, 0.29) is 11.6 Å². The molecule has 66 valence electrons. The molecule has 0 unspecified atom stereocenters. The summed E-state index contributed by atoms with van der Waals surface area (Å²) in [6.07, 6.45) is -3.33. The van der Waals surface area contributed by atoms with Gasteiger partial charge in [0.05, 0.1) is 5.75 Å². The minimum atomic E-state index is -4.40. The van der Waals surface area contributed by atoms with Crippen LogP contribution >= 0.6 is 12.6 Å². The summed E-state index contributed by atoms with van der Waals surface area (Å²) in [5.74, 6) is 0.178. The molecule has 0 saturated carbocycles. The SMILES string of the molecule is FC(F)(F)c1ccnc(CS)n1. The van der Waals surface area contributed by atoms with Crippen LogP contribution in [0.25, 0.3) is 0 Å². The Morgan fingerprint density at radius 2 is 2.08 bits per heavy atom. The first kappa shape index (κ1) is 9.31. The summed E-state index contributed by atoms with van der Waals surface area (Å²) >= 11 is 3.76. The van der Waals surface area contributed by atoms with Gasteiger partial charge in [0, 0.05) is 6.20 Å². The summed E-state index contributed by atoms with van der Waals surface area (Å²) < 4.78 is 36.0. The molecular formula is C6H5F3N2S. The maximum Gasteiger partial charge on any atom is 0.433 e. The second-order valence-electron chi connectivity index (χ2n) is 2.01. The lowest BCUT2D eigenvalue weighted by Crippen LogP contribution is -2.09. The van der Waals surface area contributed by atoms with Crippen LogP contribution in [0.1, 0.15) is 11.5 Å². The molecule has 0 fully saturated rings. The molecule has 12 heavy (non-hydrogen) atoms. The van der Waals surface area contributed by atoms with E-state index in [1.54, 1.807) is 0 Å². The third-order valence-corrected chi connectivity index (χ3v) is 1.42. The van der Waals surface area contributed by atoms with Gasteiger partial charge in [-0.1, -0.05) is 0 Å². The molecule has 0 aliphatic heterocycles. The van der Waals surface area contributed by atoms with Crippen molar-refractivity contribution >= 4 is 12.6 Å². The summed E-state index contributed by atoms with van der Waals surface area (Å²) in [6, 6.07) is 0.826. The van der Waals surface area contributed by atoms with Crippen LogP contribution in [0.3, 0.4) is 0 Å². The fourth-order valence-corrected chi connectivity index (χ4v) is 0.785. The average Bonchev–Trinajstić information content (AvgIpc) is 2.03. The van der Waals surface area contributed by atoms with E-state index in [9.17, 15) is 13.2 Å². The number of hydrogen-bond donors (Lipinski definition) is 1. The minimum absolute atomic E-state index is 0.0770. The molecule has 1 heterocycles. The van der Waals surface area contributed by atoms with Crippen molar-refractivity contribution in [1.82, 2.24) is 9.97 Å². The average molecular weight is 194 g/mol. The molecule has 0 spiro atoms. The van der Waals surface area contributed by atoms with E-state index < -0.39 is 11.9 Å². The van der Waals surface area contributed by atoms with Gasteiger partial charge in [0.25, 0.3) is 0 Å². The van der Waals surface area contributed by atoms with Crippen molar-refractivity contribution in [2.75, 3.05) is 0 Å². The van der Waals surface area contributed by atoms with Crippen LogP contribution in [0, 0.1) is 0 Å². The molecule has 2 nitrogen and oxygen atoms in total. The quantitative estimate of drug-likeness (QED) is 0.691. The van der Waals surface area contributed by atoms with Crippen LogP contribution in [0.2, 0.25) is 0 Å². The first-order chi connectivity index (χ1) is 5.54. The Bertz CT molecular complexity index is 274. The lowest BCUT2D eigenvalue weighted by molar-refractivity contribution is -0.141. The van der Waals surface area contributed by atoms with Crippen LogP contribution in [-0.4, -0.2) is 9.97 Å².